The first-order valence-corrected chi connectivity index (χ1v) is 8.80. The van der Waals surface area contributed by atoms with Crippen molar-refractivity contribution in [2.45, 2.75) is 30.7 Å². The minimum Gasteiger partial charge on any atom is -0.508 e. The summed E-state index contributed by atoms with van der Waals surface area (Å²) in [5, 5.41) is 68.0. The predicted molar refractivity (Wildman–Crippen MR) is 101 cm³/mol. The lowest BCUT2D eigenvalue weighted by Gasteiger charge is -2.39. The van der Waals surface area contributed by atoms with Gasteiger partial charge in [0.2, 0.25) is 6.29 Å². The molecule has 0 bridgehead atoms. The van der Waals surface area contributed by atoms with Gasteiger partial charge in [-0.2, -0.15) is 0 Å². The molecule has 0 amide bonds. The van der Waals surface area contributed by atoms with Crippen LogP contribution in [0.3, 0.4) is 0 Å². The van der Waals surface area contributed by atoms with Crippen LogP contribution in [0, 0.1) is 0 Å². The lowest BCUT2D eigenvalue weighted by molar-refractivity contribution is -0.277. The van der Waals surface area contributed by atoms with Crippen LogP contribution in [-0.2, 0) is 4.74 Å². The van der Waals surface area contributed by atoms with Crippen molar-refractivity contribution in [1.29, 1.82) is 0 Å². The van der Waals surface area contributed by atoms with E-state index in [4.69, 9.17) is 9.47 Å². The van der Waals surface area contributed by atoms with Crippen LogP contribution >= 0.6 is 0 Å². The Hall–Kier alpha value is -2.82. The summed E-state index contributed by atoms with van der Waals surface area (Å²) in [5.41, 5.74) is 1.12. The summed E-state index contributed by atoms with van der Waals surface area (Å²) < 4.78 is 10.6. The number of hydrogen-bond acceptors (Lipinski definition) is 9. The molecular formula is C20H22O9. The Morgan fingerprint density at radius 2 is 1.48 bits per heavy atom. The maximum atomic E-state index is 10.2. The third kappa shape index (κ3) is 4.78. The summed E-state index contributed by atoms with van der Waals surface area (Å²) in [6.45, 7) is -0.592. The van der Waals surface area contributed by atoms with Gasteiger partial charge in [-0.05, 0) is 35.4 Å². The van der Waals surface area contributed by atoms with E-state index in [1.807, 2.05) is 0 Å². The van der Waals surface area contributed by atoms with E-state index in [2.05, 4.69) is 0 Å². The molecule has 1 unspecified atom stereocenters. The molecule has 1 saturated heterocycles. The summed E-state index contributed by atoms with van der Waals surface area (Å²) in [6, 6.07) is 8.49. The van der Waals surface area contributed by atoms with E-state index < -0.39 is 37.3 Å². The molecule has 2 aromatic rings. The van der Waals surface area contributed by atoms with Gasteiger partial charge >= 0.3 is 0 Å². The second-order valence-electron chi connectivity index (χ2n) is 6.66. The molecule has 1 fully saturated rings. The average molecular weight is 406 g/mol. The zero-order valence-corrected chi connectivity index (χ0v) is 15.2. The molecular weight excluding hydrogens is 384 g/mol. The van der Waals surface area contributed by atoms with Crippen LogP contribution in [0.25, 0.3) is 12.2 Å². The molecule has 0 radical (unpaired) electrons. The number of phenols is 3. The van der Waals surface area contributed by atoms with Gasteiger partial charge < -0.3 is 45.2 Å². The smallest absolute Gasteiger partial charge is 0.229 e. The van der Waals surface area contributed by atoms with Gasteiger partial charge in [-0.25, -0.2) is 0 Å². The van der Waals surface area contributed by atoms with Crippen molar-refractivity contribution in [1.82, 2.24) is 0 Å². The number of ether oxygens (including phenoxy) is 2. The molecule has 1 aliphatic heterocycles. The molecule has 2 aromatic carbocycles. The van der Waals surface area contributed by atoms with Crippen molar-refractivity contribution in [2.75, 3.05) is 6.61 Å². The van der Waals surface area contributed by atoms with Gasteiger partial charge in [-0.15, -0.1) is 0 Å². The molecule has 29 heavy (non-hydrogen) atoms. The standard InChI is InChI=1S/C20H22O9/c21-9-16-17(25)18(26)19(27)20(29-16)28-15-4-3-10(7-14(15)24)1-2-11-5-12(22)8-13(23)6-11/h1-8,16-27H,9H2/b2-1+/t16-,17-,18+,19-,20?/m1/s1. The number of aliphatic hydroxyl groups excluding tert-OH is 4. The largest absolute Gasteiger partial charge is 0.508 e. The first-order valence-electron chi connectivity index (χ1n) is 8.80. The number of aliphatic hydroxyl groups is 4. The van der Waals surface area contributed by atoms with Gasteiger partial charge in [0.05, 0.1) is 6.61 Å². The van der Waals surface area contributed by atoms with Crippen molar-refractivity contribution in [2.24, 2.45) is 0 Å². The van der Waals surface area contributed by atoms with Crippen molar-refractivity contribution in [3.8, 4) is 23.0 Å². The van der Waals surface area contributed by atoms with Gasteiger partial charge in [0, 0.05) is 6.07 Å². The monoisotopic (exact) mass is 406 g/mol. The molecule has 1 aliphatic rings. The highest BCUT2D eigenvalue weighted by atomic mass is 16.7. The number of hydrogen-bond donors (Lipinski definition) is 7. The number of aromatic hydroxyl groups is 3. The fourth-order valence-corrected chi connectivity index (χ4v) is 2.93. The molecule has 0 spiro atoms. The van der Waals surface area contributed by atoms with Crippen LogP contribution in [0.5, 0.6) is 23.0 Å². The van der Waals surface area contributed by atoms with Gasteiger partial charge in [-0.1, -0.05) is 18.2 Å². The normalized spacial score (nSPS) is 27.2. The molecule has 9 heteroatoms. The van der Waals surface area contributed by atoms with E-state index in [1.54, 1.807) is 18.2 Å². The van der Waals surface area contributed by atoms with E-state index in [0.717, 1.165) is 0 Å². The van der Waals surface area contributed by atoms with Crippen molar-refractivity contribution < 1.29 is 45.2 Å². The molecule has 0 aliphatic carbocycles. The second-order valence-corrected chi connectivity index (χ2v) is 6.66. The first-order chi connectivity index (χ1) is 13.8. The number of phenolic OH excluding ortho intramolecular Hbond substituents is 3. The minimum atomic E-state index is -1.59. The lowest BCUT2D eigenvalue weighted by atomic mass is 9.99. The molecule has 9 nitrogen and oxygen atoms in total. The highest BCUT2D eigenvalue weighted by Gasteiger charge is 2.44. The third-order valence-corrected chi connectivity index (χ3v) is 4.47. The van der Waals surface area contributed by atoms with E-state index in [0.29, 0.717) is 11.1 Å². The highest BCUT2D eigenvalue weighted by Crippen LogP contribution is 2.32. The molecule has 156 valence electrons. The Morgan fingerprint density at radius 1 is 0.828 bits per heavy atom. The molecule has 3 rings (SSSR count). The third-order valence-electron chi connectivity index (χ3n) is 4.47. The molecule has 7 N–H and O–H groups in total. The SMILES string of the molecule is OC[C@H]1OC(Oc2ccc(/C=C/c3cc(O)cc(O)c3)cc2O)[C@H](O)[C@@H](O)[C@@H]1O. The van der Waals surface area contributed by atoms with E-state index in [1.165, 1.54) is 30.3 Å². The number of benzene rings is 2. The Morgan fingerprint density at radius 3 is 2.10 bits per heavy atom. The minimum absolute atomic E-state index is 0.0403. The predicted octanol–water partition coefficient (Wildman–Crippen LogP) is 0.152. The summed E-state index contributed by atoms with van der Waals surface area (Å²) in [5.74, 6) is -0.490. The average Bonchev–Trinajstić information content (AvgIpc) is 2.67. The maximum absolute atomic E-state index is 10.2. The van der Waals surface area contributed by atoms with Gasteiger partial charge in [-0.3, -0.25) is 0 Å². The number of rotatable bonds is 5. The van der Waals surface area contributed by atoms with E-state index >= 15 is 0 Å². The van der Waals surface area contributed by atoms with Crippen molar-refractivity contribution in [3.63, 3.8) is 0 Å². The molecule has 1 heterocycles. The molecule has 5 atom stereocenters. The quantitative estimate of drug-likeness (QED) is 0.343. The summed E-state index contributed by atoms with van der Waals surface area (Å²) in [6.07, 6.45) is -3.97. The van der Waals surface area contributed by atoms with Crippen LogP contribution in [0.15, 0.2) is 36.4 Å². The van der Waals surface area contributed by atoms with Gasteiger partial charge in [0.1, 0.15) is 35.9 Å². The molecule has 0 saturated carbocycles. The zero-order chi connectivity index (χ0) is 21.1. The Kier molecular flexibility index (Phi) is 6.26. The van der Waals surface area contributed by atoms with Crippen LogP contribution in [0.1, 0.15) is 11.1 Å². The van der Waals surface area contributed by atoms with Gasteiger partial charge in [0.15, 0.2) is 11.5 Å². The van der Waals surface area contributed by atoms with E-state index in [-0.39, 0.29) is 23.0 Å². The van der Waals surface area contributed by atoms with Crippen LogP contribution in [-0.4, -0.2) is 73.1 Å². The first kappa shape index (κ1) is 20.9. The van der Waals surface area contributed by atoms with Crippen LogP contribution in [0.4, 0.5) is 0 Å². The Labute approximate surface area is 165 Å². The zero-order valence-electron chi connectivity index (χ0n) is 15.2. The van der Waals surface area contributed by atoms with Crippen LogP contribution in [0.2, 0.25) is 0 Å². The van der Waals surface area contributed by atoms with Crippen molar-refractivity contribution in [3.05, 3.63) is 47.5 Å². The second kappa shape index (κ2) is 8.68. The fraction of sp³-hybridized carbons (Fsp3) is 0.300. The van der Waals surface area contributed by atoms with Crippen LogP contribution < -0.4 is 4.74 Å². The van der Waals surface area contributed by atoms with E-state index in [9.17, 15) is 35.7 Å². The maximum Gasteiger partial charge on any atom is 0.229 e. The van der Waals surface area contributed by atoms with Gasteiger partial charge in [0.25, 0.3) is 0 Å². The summed E-state index contributed by atoms with van der Waals surface area (Å²) in [7, 11) is 0. The highest BCUT2D eigenvalue weighted by molar-refractivity contribution is 5.72. The van der Waals surface area contributed by atoms with Crippen molar-refractivity contribution >= 4 is 12.2 Å². The summed E-state index contributed by atoms with van der Waals surface area (Å²) in [4.78, 5) is 0. The fourth-order valence-electron chi connectivity index (χ4n) is 2.93. The Balaban J connectivity index is 1.73. The lowest BCUT2D eigenvalue weighted by Crippen LogP contribution is -2.60. The topological polar surface area (TPSA) is 160 Å². The molecule has 0 aromatic heterocycles. The summed E-state index contributed by atoms with van der Waals surface area (Å²) >= 11 is 0. The Bertz CT molecular complexity index is 860.